The lowest BCUT2D eigenvalue weighted by atomic mass is 10.0. The highest BCUT2D eigenvalue weighted by molar-refractivity contribution is 5.76. The van der Waals surface area contributed by atoms with Crippen LogP contribution in [0.1, 0.15) is 11.1 Å². The van der Waals surface area contributed by atoms with Crippen molar-refractivity contribution in [2.24, 2.45) is 14.1 Å². The summed E-state index contributed by atoms with van der Waals surface area (Å²) >= 11 is 0. The normalized spacial score (nSPS) is 11.5. The Morgan fingerprint density at radius 1 is 0.712 bits per heavy atom. The molecule has 0 radical (unpaired) electrons. The van der Waals surface area contributed by atoms with Gasteiger partial charge in [0.15, 0.2) is 0 Å². The quantitative estimate of drug-likeness (QED) is 0.0478. The van der Waals surface area contributed by atoms with Gasteiger partial charge in [-0.15, -0.1) is 0 Å². The van der Waals surface area contributed by atoms with Crippen LogP contribution in [-0.4, -0.2) is 65.9 Å². The van der Waals surface area contributed by atoms with Crippen LogP contribution in [0, 0.1) is 24.0 Å². The molecule has 2 heterocycles. The van der Waals surface area contributed by atoms with Crippen LogP contribution in [0.15, 0.2) is 70.5 Å². The standard InChI is InChI=1S/C17H18F3N3O4.C17H20F3N3O2/c1-11-7-13(9-22(2)16(11)24)12-3-4-15(23(25)26)14(8-12)21-5-6-27-10-17(18,19)20;1-11-7-13(9-23(2)16(11)24)12-3-4-14(21)15(8-12)22-5-6-25-10-17(18,19)20/h3-4,7-9,21H,5-6,10H2,1-2H3;3-4,7-9,22H,5-6,10,21H2,1-2H3. The highest BCUT2D eigenvalue weighted by Gasteiger charge is 2.28. The first-order valence-corrected chi connectivity index (χ1v) is 15.6. The largest absolute Gasteiger partial charge is 0.411 e. The molecule has 0 aliphatic carbocycles. The number of hydrogen-bond donors (Lipinski definition) is 3. The van der Waals surface area contributed by atoms with E-state index in [0.29, 0.717) is 33.6 Å². The average Bonchev–Trinajstić information content (AvgIpc) is 3.05. The number of halogens is 6. The Morgan fingerprint density at radius 3 is 1.56 bits per heavy atom. The summed E-state index contributed by atoms with van der Waals surface area (Å²) in [7, 11) is 3.27. The number of nitrogens with one attached hydrogen (secondary N) is 2. The van der Waals surface area contributed by atoms with Gasteiger partial charge in [-0.2, -0.15) is 26.3 Å². The molecular formula is C34H38F6N6O6. The number of aromatic nitrogens is 2. The van der Waals surface area contributed by atoms with Gasteiger partial charge in [0.05, 0.1) is 29.5 Å². The van der Waals surface area contributed by atoms with Gasteiger partial charge in [0.1, 0.15) is 18.9 Å². The third-order valence-corrected chi connectivity index (χ3v) is 7.29. The Hall–Kier alpha value is -5.36. The SMILES string of the molecule is Cc1cc(-c2ccc(N)c(NCCOCC(F)(F)F)c2)cn(C)c1=O.Cc1cc(-c2ccc([N+](=O)[O-])c(NCCOCC(F)(F)F)c2)cn(C)c1=O. The van der Waals surface area contributed by atoms with E-state index in [1.54, 1.807) is 70.7 Å². The van der Waals surface area contributed by atoms with Crippen LogP contribution in [0.4, 0.5) is 49.1 Å². The van der Waals surface area contributed by atoms with Crippen molar-refractivity contribution < 1.29 is 40.7 Å². The summed E-state index contributed by atoms with van der Waals surface area (Å²) in [5, 5.41) is 16.9. The molecule has 2 aromatic carbocycles. The van der Waals surface area contributed by atoms with Gasteiger partial charge >= 0.3 is 12.4 Å². The Balaban J connectivity index is 0.000000281. The lowest BCUT2D eigenvalue weighted by Crippen LogP contribution is -2.20. The van der Waals surface area contributed by atoms with Gasteiger partial charge in [-0.25, -0.2) is 0 Å². The van der Waals surface area contributed by atoms with Gasteiger partial charge in [0.25, 0.3) is 16.8 Å². The molecule has 4 aromatic rings. The van der Waals surface area contributed by atoms with Crippen LogP contribution in [0.3, 0.4) is 0 Å². The zero-order chi connectivity index (χ0) is 38.8. The molecule has 0 amide bonds. The molecule has 12 nitrogen and oxygen atoms in total. The Kier molecular flexibility index (Phi) is 14.0. The van der Waals surface area contributed by atoms with Crippen molar-refractivity contribution in [2.45, 2.75) is 26.2 Å². The van der Waals surface area contributed by atoms with Crippen LogP contribution in [0.25, 0.3) is 22.3 Å². The number of nitrogen functional groups attached to an aromatic ring is 1. The van der Waals surface area contributed by atoms with Gasteiger partial charge in [0, 0.05) is 56.8 Å². The lowest BCUT2D eigenvalue weighted by molar-refractivity contribution is -0.384. The second kappa shape index (κ2) is 17.7. The molecule has 4 N–H and O–H groups in total. The summed E-state index contributed by atoms with van der Waals surface area (Å²) in [5.74, 6) is 0. The molecule has 0 spiro atoms. The molecule has 52 heavy (non-hydrogen) atoms. The van der Waals surface area contributed by atoms with E-state index in [4.69, 9.17) is 5.73 Å². The van der Waals surface area contributed by atoms with Crippen molar-refractivity contribution >= 4 is 22.7 Å². The number of nitro benzene ring substituents is 1. The van der Waals surface area contributed by atoms with Gasteiger partial charge in [0.2, 0.25) is 0 Å². The molecule has 0 unspecified atom stereocenters. The van der Waals surface area contributed by atoms with E-state index in [-0.39, 0.29) is 48.8 Å². The van der Waals surface area contributed by atoms with Crippen LogP contribution in [-0.2, 0) is 23.6 Å². The number of aryl methyl sites for hydroxylation is 4. The first-order chi connectivity index (χ1) is 24.3. The summed E-state index contributed by atoms with van der Waals surface area (Å²) in [4.78, 5) is 34.2. The second-order valence-electron chi connectivity index (χ2n) is 11.6. The number of ether oxygens (including phenoxy) is 2. The maximum Gasteiger partial charge on any atom is 0.411 e. The fourth-order valence-corrected chi connectivity index (χ4v) is 4.87. The third-order valence-electron chi connectivity index (χ3n) is 7.29. The smallest absolute Gasteiger partial charge is 0.397 e. The molecule has 282 valence electrons. The summed E-state index contributed by atoms with van der Waals surface area (Å²) in [5.41, 5.74) is 10.8. The minimum absolute atomic E-state index is 0.0350. The zero-order valence-corrected chi connectivity index (χ0v) is 28.7. The molecule has 18 heteroatoms. The molecule has 2 aromatic heterocycles. The van der Waals surface area contributed by atoms with E-state index in [9.17, 15) is 46.0 Å². The van der Waals surface area contributed by atoms with Crippen LogP contribution >= 0.6 is 0 Å². The number of nitro groups is 1. The van der Waals surface area contributed by atoms with E-state index in [1.165, 1.54) is 21.3 Å². The van der Waals surface area contributed by atoms with Crippen LogP contribution in [0.2, 0.25) is 0 Å². The van der Waals surface area contributed by atoms with E-state index >= 15 is 0 Å². The Labute approximate surface area is 293 Å². The van der Waals surface area contributed by atoms with Crippen molar-refractivity contribution in [2.75, 3.05) is 55.9 Å². The lowest BCUT2D eigenvalue weighted by Gasteiger charge is -2.13. The minimum Gasteiger partial charge on any atom is -0.397 e. The minimum atomic E-state index is -4.42. The highest BCUT2D eigenvalue weighted by Crippen LogP contribution is 2.31. The number of anilines is 3. The summed E-state index contributed by atoms with van der Waals surface area (Å²) in [6, 6.07) is 13.1. The third kappa shape index (κ3) is 12.4. The number of benzene rings is 2. The molecule has 0 aliphatic rings. The first-order valence-electron chi connectivity index (χ1n) is 15.6. The molecule has 0 atom stereocenters. The summed E-state index contributed by atoms with van der Waals surface area (Å²) in [6.45, 7) is 0.537. The van der Waals surface area contributed by atoms with Crippen molar-refractivity contribution in [3.63, 3.8) is 0 Å². The number of rotatable bonds is 13. The number of alkyl halides is 6. The maximum absolute atomic E-state index is 12.1. The fourth-order valence-electron chi connectivity index (χ4n) is 4.87. The summed E-state index contributed by atoms with van der Waals surface area (Å²) < 4.78 is 84.1. The number of nitrogens with two attached hydrogens (primary N) is 1. The molecule has 0 bridgehead atoms. The molecule has 4 rings (SSSR count). The molecular weight excluding hydrogens is 702 g/mol. The highest BCUT2D eigenvalue weighted by atomic mass is 19.4. The average molecular weight is 741 g/mol. The van der Waals surface area contributed by atoms with Gasteiger partial charge in [-0.3, -0.25) is 19.7 Å². The van der Waals surface area contributed by atoms with Crippen molar-refractivity contribution in [1.29, 1.82) is 0 Å². The van der Waals surface area contributed by atoms with Crippen molar-refractivity contribution in [1.82, 2.24) is 9.13 Å². The number of hydrogen-bond acceptors (Lipinski definition) is 9. The molecule has 0 aliphatic heterocycles. The van der Waals surface area contributed by atoms with Crippen molar-refractivity contribution in [3.05, 3.63) is 103 Å². The topological polar surface area (TPSA) is 156 Å². The van der Waals surface area contributed by atoms with E-state index in [2.05, 4.69) is 20.1 Å². The summed E-state index contributed by atoms with van der Waals surface area (Å²) in [6.07, 6.45) is -5.43. The number of pyridine rings is 2. The van der Waals surface area contributed by atoms with Gasteiger partial charge in [-0.1, -0.05) is 6.07 Å². The van der Waals surface area contributed by atoms with Gasteiger partial charge < -0.3 is 35.0 Å². The van der Waals surface area contributed by atoms with Crippen LogP contribution < -0.4 is 27.5 Å². The molecule has 0 fully saturated rings. The maximum atomic E-state index is 12.1. The Morgan fingerprint density at radius 2 is 1.13 bits per heavy atom. The zero-order valence-electron chi connectivity index (χ0n) is 28.7. The van der Waals surface area contributed by atoms with Crippen molar-refractivity contribution in [3.8, 4) is 22.3 Å². The number of nitrogens with zero attached hydrogens (tertiary/aromatic N) is 3. The van der Waals surface area contributed by atoms with E-state index in [1.807, 2.05) is 6.07 Å². The predicted octanol–water partition coefficient (Wildman–Crippen LogP) is 6.19. The Bertz CT molecular complexity index is 1920. The second-order valence-corrected chi connectivity index (χ2v) is 11.6. The molecule has 0 saturated carbocycles. The molecule has 0 saturated heterocycles. The van der Waals surface area contributed by atoms with Gasteiger partial charge in [-0.05, 0) is 72.5 Å². The first kappa shape index (κ1) is 41.1. The van der Waals surface area contributed by atoms with E-state index < -0.39 is 30.5 Å². The predicted molar refractivity (Wildman–Crippen MR) is 186 cm³/mol. The monoisotopic (exact) mass is 740 g/mol. The van der Waals surface area contributed by atoms with E-state index in [0.717, 1.165) is 11.1 Å². The van der Waals surface area contributed by atoms with Crippen LogP contribution in [0.5, 0.6) is 0 Å². The fraction of sp³-hybridized carbons (Fsp3) is 0.353.